The van der Waals surface area contributed by atoms with Crippen molar-refractivity contribution in [3.63, 3.8) is 0 Å². The highest BCUT2D eigenvalue weighted by Gasteiger charge is 2.54. The molecule has 1 fully saturated rings. The van der Waals surface area contributed by atoms with Gasteiger partial charge < -0.3 is 29.3 Å². The van der Waals surface area contributed by atoms with Crippen molar-refractivity contribution in [2.75, 3.05) is 26.1 Å². The van der Waals surface area contributed by atoms with Gasteiger partial charge in [0.25, 0.3) is 11.8 Å². The van der Waals surface area contributed by atoms with Gasteiger partial charge in [-0.1, -0.05) is 0 Å². The number of aromatic amines is 1. The lowest BCUT2D eigenvalue weighted by molar-refractivity contribution is -0.159. The fraction of sp³-hybridized carbons (Fsp3) is 0.394. The number of halogens is 1. The van der Waals surface area contributed by atoms with Crippen molar-refractivity contribution in [3.8, 4) is 17.0 Å². The standard InChI is InChI=1S/C31H32FN3O6S.C2H4O/c1-31(2,3)41-30(38)27-17(13-39-4)15-42-29-26(28(37)35(27)29)34-24(36)14-40-19-7-9-20-16(11-19)5-8-21-22-12-18(32)6-10-23(22)33-25(20)21;1-2-3/h6-7,9-12,26,29,33H,5,8,13-15H2,1-4H3,(H,34,36);2H,1H3. The van der Waals surface area contributed by atoms with Gasteiger partial charge in [-0.2, -0.15) is 0 Å². The molecule has 45 heavy (non-hydrogen) atoms. The Morgan fingerprint density at radius 1 is 1.18 bits per heavy atom. The number of aromatic nitrogens is 1. The highest BCUT2D eigenvalue weighted by molar-refractivity contribution is 8.00. The SMILES string of the molecule is CC=O.COCC1=C(C(=O)OC(C)(C)C)N2C(=O)C(NC(=O)COc3ccc4c(c3)CCc3c-4[nH]c4ccc(F)cc34)C2SC1. The predicted molar refractivity (Wildman–Crippen MR) is 168 cm³/mol. The smallest absolute Gasteiger partial charge is 0.355 e. The maximum atomic E-state index is 13.8. The lowest BCUT2D eigenvalue weighted by Crippen LogP contribution is -2.71. The minimum Gasteiger partial charge on any atom is -0.484 e. The summed E-state index contributed by atoms with van der Waals surface area (Å²) in [5.74, 6) is -0.634. The van der Waals surface area contributed by atoms with Crippen LogP contribution >= 0.6 is 11.8 Å². The fourth-order valence-corrected chi connectivity index (χ4v) is 7.05. The van der Waals surface area contributed by atoms with Crippen molar-refractivity contribution in [2.24, 2.45) is 0 Å². The van der Waals surface area contributed by atoms with Crippen LogP contribution in [0.1, 0.15) is 38.8 Å². The summed E-state index contributed by atoms with van der Waals surface area (Å²) in [7, 11) is 1.53. The largest absolute Gasteiger partial charge is 0.484 e. The molecule has 1 saturated heterocycles. The Balaban J connectivity index is 0.00000128. The number of esters is 1. The zero-order valence-electron chi connectivity index (χ0n) is 25.8. The van der Waals surface area contributed by atoms with E-state index in [0.717, 1.165) is 52.4 Å². The summed E-state index contributed by atoms with van der Waals surface area (Å²) in [5.41, 5.74) is 5.22. The zero-order chi connectivity index (χ0) is 32.5. The van der Waals surface area contributed by atoms with Gasteiger partial charge in [0.2, 0.25) is 0 Å². The van der Waals surface area contributed by atoms with Crippen LogP contribution in [0.2, 0.25) is 0 Å². The van der Waals surface area contributed by atoms with Crippen LogP contribution < -0.4 is 10.1 Å². The molecule has 2 atom stereocenters. The number of benzene rings is 2. The number of rotatable bonds is 7. The number of aldehydes is 1. The zero-order valence-corrected chi connectivity index (χ0v) is 26.6. The number of carbonyl (C=O) groups excluding carboxylic acids is 4. The molecule has 0 bridgehead atoms. The summed E-state index contributed by atoms with van der Waals surface area (Å²) < 4.78 is 30.4. The lowest BCUT2D eigenvalue weighted by Gasteiger charge is -2.49. The number of nitrogens with one attached hydrogen (secondary N) is 2. The molecular weight excluding hydrogens is 601 g/mol. The Morgan fingerprint density at radius 3 is 2.64 bits per heavy atom. The number of β-lactam (4-membered cyclic amide) rings is 1. The molecule has 3 aliphatic rings. The number of nitrogens with zero attached hydrogens (tertiary/aromatic N) is 1. The van der Waals surface area contributed by atoms with Gasteiger partial charge in [0.1, 0.15) is 40.6 Å². The van der Waals surface area contributed by atoms with Crippen LogP contribution in [0.3, 0.4) is 0 Å². The van der Waals surface area contributed by atoms with Gasteiger partial charge >= 0.3 is 5.97 Å². The average Bonchev–Trinajstić information content (AvgIpc) is 3.36. The fourth-order valence-electron chi connectivity index (χ4n) is 5.73. The molecule has 10 nitrogen and oxygen atoms in total. The van der Waals surface area contributed by atoms with E-state index in [1.807, 2.05) is 12.1 Å². The maximum Gasteiger partial charge on any atom is 0.355 e. The molecule has 238 valence electrons. The molecule has 1 aromatic heterocycles. The molecule has 0 radical (unpaired) electrons. The van der Waals surface area contributed by atoms with Crippen LogP contribution in [-0.2, 0) is 41.5 Å². The van der Waals surface area contributed by atoms with Gasteiger partial charge in [-0.15, -0.1) is 11.8 Å². The molecule has 2 aromatic carbocycles. The monoisotopic (exact) mass is 637 g/mol. The molecule has 0 saturated carbocycles. The number of thioether (sulfide) groups is 1. The van der Waals surface area contributed by atoms with Gasteiger partial charge in [0.15, 0.2) is 6.61 Å². The van der Waals surface area contributed by atoms with E-state index in [-0.39, 0.29) is 30.6 Å². The summed E-state index contributed by atoms with van der Waals surface area (Å²) in [5, 5.41) is 3.24. The molecule has 1 aliphatic carbocycles. The van der Waals surface area contributed by atoms with Gasteiger partial charge in [-0.05, 0) is 93.6 Å². The van der Waals surface area contributed by atoms with E-state index >= 15 is 0 Å². The van der Waals surface area contributed by atoms with Crippen LogP contribution in [-0.4, -0.2) is 77.0 Å². The number of hydrogen-bond donors (Lipinski definition) is 2. The molecule has 2 unspecified atom stereocenters. The van der Waals surface area contributed by atoms with Crippen LogP contribution in [0.25, 0.3) is 22.2 Å². The summed E-state index contributed by atoms with van der Waals surface area (Å²) in [4.78, 5) is 52.6. The Hall–Kier alpha value is -4.16. The molecule has 2 N–H and O–H groups in total. The first-order chi connectivity index (χ1) is 21.4. The van der Waals surface area contributed by atoms with E-state index in [1.54, 1.807) is 39.0 Å². The highest BCUT2D eigenvalue weighted by Crippen LogP contribution is 2.41. The number of aryl methyl sites for hydroxylation is 2. The van der Waals surface area contributed by atoms with E-state index in [1.165, 1.54) is 36.8 Å². The van der Waals surface area contributed by atoms with Crippen molar-refractivity contribution >= 4 is 46.7 Å². The molecular formula is C33H36FN3O7S. The second kappa shape index (κ2) is 13.1. The van der Waals surface area contributed by atoms with Crippen LogP contribution in [0.4, 0.5) is 4.39 Å². The van der Waals surface area contributed by atoms with Gasteiger partial charge in [-0.25, -0.2) is 9.18 Å². The molecule has 12 heteroatoms. The number of ether oxygens (including phenoxy) is 3. The van der Waals surface area contributed by atoms with Gasteiger partial charge in [-0.3, -0.25) is 14.5 Å². The van der Waals surface area contributed by atoms with Crippen molar-refractivity contribution in [1.29, 1.82) is 0 Å². The summed E-state index contributed by atoms with van der Waals surface area (Å²) >= 11 is 1.46. The molecule has 0 spiro atoms. The van der Waals surface area contributed by atoms with E-state index in [0.29, 0.717) is 17.1 Å². The quantitative estimate of drug-likeness (QED) is 0.223. The minimum absolute atomic E-state index is 0.194. The topological polar surface area (TPSA) is 127 Å². The number of H-pyrrole nitrogens is 1. The predicted octanol–water partition coefficient (Wildman–Crippen LogP) is 4.30. The van der Waals surface area contributed by atoms with Gasteiger partial charge in [0, 0.05) is 35.0 Å². The average molecular weight is 638 g/mol. The number of fused-ring (bicyclic) bond motifs is 6. The number of amides is 2. The first-order valence-electron chi connectivity index (χ1n) is 14.6. The van der Waals surface area contributed by atoms with E-state index in [2.05, 4.69) is 10.3 Å². The first kappa shape index (κ1) is 32.2. The highest BCUT2D eigenvalue weighted by atomic mass is 32.2. The van der Waals surface area contributed by atoms with Crippen LogP contribution in [0.5, 0.6) is 5.75 Å². The molecule has 2 aliphatic heterocycles. The second-order valence-corrected chi connectivity index (χ2v) is 13.0. The molecule has 3 aromatic rings. The summed E-state index contributed by atoms with van der Waals surface area (Å²) in [6, 6.07) is 9.66. The molecule has 2 amide bonds. The summed E-state index contributed by atoms with van der Waals surface area (Å²) in [6.07, 6.45) is 2.28. The van der Waals surface area contributed by atoms with Gasteiger partial charge in [0.05, 0.1) is 6.61 Å². The number of carbonyl (C=O) groups is 4. The second-order valence-electron chi connectivity index (χ2n) is 11.9. The maximum absolute atomic E-state index is 13.8. The van der Waals surface area contributed by atoms with Crippen LogP contribution in [0, 0.1) is 5.82 Å². The number of methoxy groups -OCH3 is 1. The van der Waals surface area contributed by atoms with Crippen molar-refractivity contribution < 1.29 is 37.8 Å². The third-order valence-electron chi connectivity index (χ3n) is 7.50. The Morgan fingerprint density at radius 2 is 1.93 bits per heavy atom. The first-order valence-corrected chi connectivity index (χ1v) is 15.6. The van der Waals surface area contributed by atoms with E-state index < -0.39 is 28.9 Å². The Kier molecular flexibility index (Phi) is 9.36. The van der Waals surface area contributed by atoms with Crippen LogP contribution in [0.15, 0.2) is 47.7 Å². The van der Waals surface area contributed by atoms with E-state index in [4.69, 9.17) is 19.0 Å². The molecule has 3 heterocycles. The lowest BCUT2D eigenvalue weighted by atomic mass is 9.89. The Labute approximate surface area is 264 Å². The summed E-state index contributed by atoms with van der Waals surface area (Å²) in [6.45, 7) is 6.68. The van der Waals surface area contributed by atoms with Crippen molar-refractivity contribution in [2.45, 2.75) is 57.6 Å². The third kappa shape index (κ3) is 6.62. The van der Waals surface area contributed by atoms with Crippen molar-refractivity contribution in [1.82, 2.24) is 15.2 Å². The Bertz CT molecular complexity index is 1690. The third-order valence-corrected chi connectivity index (χ3v) is 8.84. The van der Waals surface area contributed by atoms with E-state index in [9.17, 15) is 18.8 Å². The number of hydrogen-bond acceptors (Lipinski definition) is 8. The minimum atomic E-state index is -0.776. The molecule has 6 rings (SSSR count). The normalized spacial score (nSPS) is 18.5. The van der Waals surface area contributed by atoms with Crippen molar-refractivity contribution in [3.05, 3.63) is 64.6 Å².